The molecule has 0 aliphatic heterocycles. The maximum Gasteiger partial charge on any atom is 0.323 e. The van der Waals surface area contributed by atoms with Crippen LogP contribution >= 0.6 is 0 Å². The van der Waals surface area contributed by atoms with Crippen LogP contribution in [0.1, 0.15) is 37.3 Å². The summed E-state index contributed by atoms with van der Waals surface area (Å²) in [5.74, 6) is 0.368. The number of hydrogen-bond donors (Lipinski definition) is 2. The molecule has 120 valence electrons. The Labute approximate surface area is 135 Å². The summed E-state index contributed by atoms with van der Waals surface area (Å²) in [5.41, 5.74) is 7.72. The quantitative estimate of drug-likeness (QED) is 0.911. The molecule has 0 atom stereocenters. The minimum Gasteiger partial charge on any atom is -0.393 e. The van der Waals surface area contributed by atoms with E-state index in [-0.39, 0.29) is 6.10 Å². The Morgan fingerprint density at radius 3 is 2.43 bits per heavy atom. The van der Waals surface area contributed by atoms with E-state index in [4.69, 9.17) is 5.73 Å². The van der Waals surface area contributed by atoms with Gasteiger partial charge in [-0.05, 0) is 49.9 Å². The number of primary amides is 1. The molecule has 6 nitrogen and oxygen atoms in total. The lowest BCUT2D eigenvalue weighted by atomic mass is 9.85. The van der Waals surface area contributed by atoms with E-state index in [1.54, 1.807) is 30.7 Å². The lowest BCUT2D eigenvalue weighted by molar-refractivity contribution is 0.122. The van der Waals surface area contributed by atoms with E-state index < -0.39 is 6.03 Å². The van der Waals surface area contributed by atoms with E-state index in [1.807, 2.05) is 12.1 Å². The lowest BCUT2D eigenvalue weighted by Gasteiger charge is -2.25. The van der Waals surface area contributed by atoms with Gasteiger partial charge in [-0.25, -0.2) is 4.79 Å². The highest BCUT2D eigenvalue weighted by Gasteiger charge is 2.22. The summed E-state index contributed by atoms with van der Waals surface area (Å²) >= 11 is 0. The zero-order valence-electron chi connectivity index (χ0n) is 12.8. The molecule has 1 aliphatic rings. The molecule has 1 saturated carbocycles. The van der Waals surface area contributed by atoms with Gasteiger partial charge in [0.25, 0.3) is 0 Å². The van der Waals surface area contributed by atoms with Crippen molar-refractivity contribution in [3.8, 4) is 0 Å². The van der Waals surface area contributed by atoms with Crippen LogP contribution in [0.3, 0.4) is 0 Å². The predicted molar refractivity (Wildman–Crippen MR) is 87.4 cm³/mol. The van der Waals surface area contributed by atoms with Gasteiger partial charge in [-0.1, -0.05) is 0 Å². The fourth-order valence-corrected chi connectivity index (χ4v) is 3.03. The van der Waals surface area contributed by atoms with Crippen molar-refractivity contribution in [3.63, 3.8) is 0 Å². The third-order valence-corrected chi connectivity index (χ3v) is 4.27. The summed E-state index contributed by atoms with van der Waals surface area (Å²) in [5, 5.41) is 9.59. The van der Waals surface area contributed by atoms with E-state index in [1.165, 1.54) is 4.90 Å². The second kappa shape index (κ2) is 6.75. The van der Waals surface area contributed by atoms with Crippen molar-refractivity contribution in [1.29, 1.82) is 0 Å². The minimum atomic E-state index is -0.576. The number of carbonyl (C=O) groups excluding carboxylic acids is 1. The number of urea groups is 1. The van der Waals surface area contributed by atoms with Gasteiger partial charge < -0.3 is 10.8 Å². The molecule has 0 bridgehead atoms. The van der Waals surface area contributed by atoms with Gasteiger partial charge in [0.15, 0.2) is 0 Å². The van der Waals surface area contributed by atoms with Crippen molar-refractivity contribution in [2.45, 2.75) is 37.7 Å². The second-order valence-corrected chi connectivity index (χ2v) is 5.83. The Bertz CT molecular complexity index is 652. The molecule has 2 aromatic rings. The molecule has 0 unspecified atom stereocenters. The van der Waals surface area contributed by atoms with Gasteiger partial charge in [-0.3, -0.25) is 14.9 Å². The Balaban J connectivity index is 1.81. The Morgan fingerprint density at radius 2 is 1.87 bits per heavy atom. The van der Waals surface area contributed by atoms with E-state index in [9.17, 15) is 9.90 Å². The van der Waals surface area contributed by atoms with Crippen molar-refractivity contribution < 1.29 is 9.90 Å². The first-order valence-corrected chi connectivity index (χ1v) is 7.79. The molecule has 0 radical (unpaired) electrons. The first-order chi connectivity index (χ1) is 11.1. The maximum atomic E-state index is 11.8. The number of carbonyl (C=O) groups is 1. The van der Waals surface area contributed by atoms with Crippen LogP contribution in [0.15, 0.2) is 42.9 Å². The number of nitrogens with zero attached hydrogens (tertiary/aromatic N) is 3. The number of pyridine rings is 2. The van der Waals surface area contributed by atoms with Crippen LogP contribution in [0.4, 0.5) is 16.2 Å². The highest BCUT2D eigenvalue weighted by molar-refractivity contribution is 5.97. The van der Waals surface area contributed by atoms with Gasteiger partial charge in [0.2, 0.25) is 0 Å². The van der Waals surface area contributed by atoms with Crippen LogP contribution in [-0.2, 0) is 0 Å². The molecule has 0 aromatic carbocycles. The summed E-state index contributed by atoms with van der Waals surface area (Å²) in [7, 11) is 0. The first-order valence-electron chi connectivity index (χ1n) is 7.79. The zero-order chi connectivity index (χ0) is 16.2. The number of amides is 2. The van der Waals surface area contributed by atoms with Crippen molar-refractivity contribution in [2.24, 2.45) is 5.73 Å². The Kier molecular flexibility index (Phi) is 4.52. The second-order valence-electron chi connectivity index (χ2n) is 5.83. The molecule has 3 N–H and O–H groups in total. The number of aromatic nitrogens is 2. The number of anilines is 2. The molecule has 23 heavy (non-hydrogen) atoms. The molecule has 3 rings (SSSR count). The molecule has 2 aromatic heterocycles. The van der Waals surface area contributed by atoms with Crippen LogP contribution in [-0.4, -0.2) is 27.2 Å². The van der Waals surface area contributed by atoms with Crippen molar-refractivity contribution in [3.05, 3.63) is 48.5 Å². The summed E-state index contributed by atoms with van der Waals surface area (Å²) in [6, 6.07) is 6.73. The van der Waals surface area contributed by atoms with Crippen LogP contribution in [0.5, 0.6) is 0 Å². The van der Waals surface area contributed by atoms with Gasteiger partial charge in [0, 0.05) is 17.8 Å². The largest absolute Gasteiger partial charge is 0.393 e. The summed E-state index contributed by atoms with van der Waals surface area (Å²) in [6.45, 7) is 0. The molecular formula is C17H20N4O2. The van der Waals surface area contributed by atoms with E-state index >= 15 is 0 Å². The van der Waals surface area contributed by atoms with Gasteiger partial charge in [0.1, 0.15) is 0 Å². The van der Waals surface area contributed by atoms with Crippen molar-refractivity contribution >= 4 is 17.4 Å². The molecule has 0 spiro atoms. The number of aliphatic hydroxyl groups is 1. The topological polar surface area (TPSA) is 92.3 Å². The molecule has 1 fully saturated rings. The Hall–Kier alpha value is -2.47. The minimum absolute atomic E-state index is 0.179. The van der Waals surface area contributed by atoms with E-state index in [0.29, 0.717) is 17.3 Å². The smallest absolute Gasteiger partial charge is 0.323 e. The average molecular weight is 312 g/mol. The van der Waals surface area contributed by atoms with Crippen molar-refractivity contribution in [1.82, 2.24) is 9.97 Å². The third kappa shape index (κ3) is 3.48. The fourth-order valence-electron chi connectivity index (χ4n) is 3.03. The zero-order valence-corrected chi connectivity index (χ0v) is 12.8. The first kappa shape index (κ1) is 15.4. The third-order valence-electron chi connectivity index (χ3n) is 4.27. The standard InChI is InChI=1S/C17H20N4O2/c18-17(23)21(13-2-1-9-19-10-13)14-5-8-16(20-11-14)12-3-6-15(22)7-4-12/h1-2,5,8-12,15,22H,3-4,6-7H2,(H2,18,23). The van der Waals surface area contributed by atoms with Crippen LogP contribution in [0.25, 0.3) is 0 Å². The van der Waals surface area contributed by atoms with Crippen LogP contribution in [0, 0.1) is 0 Å². The van der Waals surface area contributed by atoms with Crippen molar-refractivity contribution in [2.75, 3.05) is 4.90 Å². The number of aliphatic hydroxyl groups excluding tert-OH is 1. The van der Waals surface area contributed by atoms with Gasteiger partial charge >= 0.3 is 6.03 Å². The molecule has 2 amide bonds. The number of rotatable bonds is 3. The normalized spacial score (nSPS) is 20.9. The summed E-state index contributed by atoms with van der Waals surface area (Å²) in [6.07, 6.45) is 8.22. The van der Waals surface area contributed by atoms with Crippen LogP contribution in [0.2, 0.25) is 0 Å². The van der Waals surface area contributed by atoms with E-state index in [0.717, 1.165) is 31.4 Å². The molecule has 6 heteroatoms. The molecular weight excluding hydrogens is 292 g/mol. The maximum absolute atomic E-state index is 11.8. The highest BCUT2D eigenvalue weighted by Crippen LogP contribution is 2.33. The summed E-state index contributed by atoms with van der Waals surface area (Å²) < 4.78 is 0. The average Bonchev–Trinajstić information content (AvgIpc) is 2.57. The monoisotopic (exact) mass is 312 g/mol. The predicted octanol–water partition coefficient (Wildman–Crippen LogP) is 2.71. The number of hydrogen-bond acceptors (Lipinski definition) is 4. The van der Waals surface area contributed by atoms with Gasteiger partial charge in [-0.2, -0.15) is 0 Å². The van der Waals surface area contributed by atoms with Gasteiger partial charge in [0.05, 0.1) is 29.9 Å². The lowest BCUT2D eigenvalue weighted by Crippen LogP contribution is -2.31. The molecule has 2 heterocycles. The molecule has 0 saturated heterocycles. The Morgan fingerprint density at radius 1 is 1.13 bits per heavy atom. The van der Waals surface area contributed by atoms with E-state index in [2.05, 4.69) is 9.97 Å². The molecule has 1 aliphatic carbocycles. The SMILES string of the molecule is NC(=O)N(c1cccnc1)c1ccc(C2CCC(O)CC2)nc1. The fraction of sp³-hybridized carbons (Fsp3) is 0.353. The summed E-state index contributed by atoms with van der Waals surface area (Å²) in [4.78, 5) is 21.7. The highest BCUT2D eigenvalue weighted by atomic mass is 16.3. The van der Waals surface area contributed by atoms with Crippen LogP contribution < -0.4 is 10.6 Å². The van der Waals surface area contributed by atoms with Gasteiger partial charge in [-0.15, -0.1) is 0 Å². The number of nitrogens with two attached hydrogens (primary N) is 1.